The number of benzene rings is 1. The highest BCUT2D eigenvalue weighted by Crippen LogP contribution is 2.34. The summed E-state index contributed by atoms with van der Waals surface area (Å²) < 4.78 is 15.2. The summed E-state index contributed by atoms with van der Waals surface area (Å²) in [6.07, 6.45) is 1.77. The van der Waals surface area contributed by atoms with Crippen molar-refractivity contribution in [3.63, 3.8) is 0 Å². The lowest BCUT2D eigenvalue weighted by atomic mass is 9.98. The molecule has 1 aromatic carbocycles. The fraction of sp³-hybridized carbons (Fsp3) is 0.500. The van der Waals surface area contributed by atoms with Crippen molar-refractivity contribution < 1.29 is 23.8 Å². The van der Waals surface area contributed by atoms with E-state index in [1.807, 2.05) is 0 Å². The molecule has 1 fully saturated rings. The summed E-state index contributed by atoms with van der Waals surface area (Å²) in [5, 5.41) is 6.00. The Balaban J connectivity index is 2.30. The number of ether oxygens (including phenoxy) is 3. The predicted octanol–water partition coefficient (Wildman–Crippen LogP) is 1.43. The van der Waals surface area contributed by atoms with Crippen LogP contribution in [0.1, 0.15) is 23.2 Å². The van der Waals surface area contributed by atoms with Crippen molar-refractivity contribution in [3.8, 4) is 11.5 Å². The Bertz CT molecular complexity index is 582. The number of carbonyl (C=O) groups excluding carboxylic acids is 2. The first-order valence-corrected chi connectivity index (χ1v) is 7.46. The molecule has 0 bridgehead atoms. The zero-order valence-corrected chi connectivity index (χ0v) is 13.6. The van der Waals surface area contributed by atoms with Gasteiger partial charge in [-0.3, -0.25) is 4.79 Å². The van der Waals surface area contributed by atoms with Gasteiger partial charge in [-0.1, -0.05) is 0 Å². The number of methoxy groups -OCH3 is 3. The number of amides is 1. The van der Waals surface area contributed by atoms with Gasteiger partial charge in [0.1, 0.15) is 0 Å². The van der Waals surface area contributed by atoms with Crippen LogP contribution in [0.25, 0.3) is 0 Å². The van der Waals surface area contributed by atoms with Gasteiger partial charge in [-0.05, 0) is 19.4 Å². The molecule has 2 N–H and O–H groups in total. The first-order valence-electron chi connectivity index (χ1n) is 7.46. The van der Waals surface area contributed by atoms with Gasteiger partial charge in [-0.2, -0.15) is 0 Å². The molecule has 2 rings (SSSR count). The third-order valence-corrected chi connectivity index (χ3v) is 3.85. The van der Waals surface area contributed by atoms with Gasteiger partial charge >= 0.3 is 5.97 Å². The van der Waals surface area contributed by atoms with Crippen molar-refractivity contribution in [2.24, 2.45) is 5.92 Å². The third-order valence-electron chi connectivity index (χ3n) is 3.85. The van der Waals surface area contributed by atoms with Gasteiger partial charge in [-0.25, -0.2) is 4.79 Å². The van der Waals surface area contributed by atoms with Crippen LogP contribution in [0.2, 0.25) is 0 Å². The maximum absolute atomic E-state index is 12.4. The summed E-state index contributed by atoms with van der Waals surface area (Å²) in [5.74, 6) is 0.0161. The number of carbonyl (C=O) groups is 2. The van der Waals surface area contributed by atoms with Gasteiger partial charge in [0.2, 0.25) is 5.91 Å². The Hall–Kier alpha value is -2.28. The van der Waals surface area contributed by atoms with E-state index in [2.05, 4.69) is 10.6 Å². The highest BCUT2D eigenvalue weighted by molar-refractivity contribution is 6.02. The fourth-order valence-corrected chi connectivity index (χ4v) is 2.57. The summed E-state index contributed by atoms with van der Waals surface area (Å²) in [6, 6.07) is 3.07. The van der Waals surface area contributed by atoms with E-state index in [0.717, 1.165) is 19.4 Å². The average Bonchev–Trinajstić information content (AvgIpc) is 2.61. The Morgan fingerprint density at radius 1 is 1.17 bits per heavy atom. The van der Waals surface area contributed by atoms with Crippen molar-refractivity contribution in [2.45, 2.75) is 12.8 Å². The first-order chi connectivity index (χ1) is 11.1. The van der Waals surface area contributed by atoms with Crippen LogP contribution in [0, 0.1) is 5.92 Å². The van der Waals surface area contributed by atoms with Crippen LogP contribution in [0.4, 0.5) is 5.69 Å². The van der Waals surface area contributed by atoms with Crippen LogP contribution in [-0.4, -0.2) is 46.3 Å². The van der Waals surface area contributed by atoms with Crippen LogP contribution in [0.3, 0.4) is 0 Å². The van der Waals surface area contributed by atoms with Gasteiger partial charge in [0.25, 0.3) is 0 Å². The standard InChI is InChI=1S/C16H22N2O5/c1-21-13-7-11(16(20)23-3)12(8-14(13)22-2)18-15(19)10-5-4-6-17-9-10/h7-8,10,17H,4-6,9H2,1-3H3,(H,18,19). The number of rotatable bonds is 5. The summed E-state index contributed by atoms with van der Waals surface area (Å²) >= 11 is 0. The van der Waals surface area contributed by atoms with E-state index in [-0.39, 0.29) is 17.4 Å². The summed E-state index contributed by atoms with van der Waals surface area (Å²) in [7, 11) is 4.26. The van der Waals surface area contributed by atoms with Crippen LogP contribution in [-0.2, 0) is 9.53 Å². The maximum Gasteiger partial charge on any atom is 0.340 e. The molecular weight excluding hydrogens is 300 g/mol. The molecule has 0 aliphatic carbocycles. The lowest BCUT2D eigenvalue weighted by Crippen LogP contribution is -2.37. The second-order valence-corrected chi connectivity index (χ2v) is 5.28. The number of hydrogen-bond acceptors (Lipinski definition) is 6. The van der Waals surface area contributed by atoms with E-state index in [9.17, 15) is 9.59 Å². The highest BCUT2D eigenvalue weighted by Gasteiger charge is 2.24. The molecule has 0 spiro atoms. The quantitative estimate of drug-likeness (QED) is 0.798. The monoisotopic (exact) mass is 322 g/mol. The second-order valence-electron chi connectivity index (χ2n) is 5.28. The van der Waals surface area contributed by atoms with E-state index in [1.165, 1.54) is 27.4 Å². The van der Waals surface area contributed by atoms with Crippen molar-refractivity contribution in [2.75, 3.05) is 39.7 Å². The van der Waals surface area contributed by atoms with Crippen LogP contribution < -0.4 is 20.1 Å². The predicted molar refractivity (Wildman–Crippen MR) is 85.1 cm³/mol. The molecule has 1 aliphatic heterocycles. The van der Waals surface area contributed by atoms with Crippen molar-refractivity contribution in [3.05, 3.63) is 17.7 Å². The van der Waals surface area contributed by atoms with Crippen LogP contribution >= 0.6 is 0 Å². The van der Waals surface area contributed by atoms with Gasteiger partial charge in [-0.15, -0.1) is 0 Å². The van der Waals surface area contributed by atoms with E-state index in [1.54, 1.807) is 6.07 Å². The van der Waals surface area contributed by atoms with Crippen molar-refractivity contribution in [1.82, 2.24) is 5.32 Å². The third kappa shape index (κ3) is 3.92. The number of esters is 1. The van der Waals surface area contributed by atoms with E-state index in [4.69, 9.17) is 14.2 Å². The maximum atomic E-state index is 12.4. The van der Waals surface area contributed by atoms with E-state index >= 15 is 0 Å². The molecule has 1 atom stereocenters. The van der Waals surface area contributed by atoms with E-state index in [0.29, 0.717) is 23.7 Å². The minimum absolute atomic E-state index is 0.123. The van der Waals surface area contributed by atoms with Crippen LogP contribution in [0.15, 0.2) is 12.1 Å². The molecule has 126 valence electrons. The molecule has 7 nitrogen and oxygen atoms in total. The molecule has 0 saturated carbocycles. The van der Waals surface area contributed by atoms with Gasteiger partial charge in [0.15, 0.2) is 11.5 Å². The zero-order chi connectivity index (χ0) is 16.8. The molecule has 0 radical (unpaired) electrons. The highest BCUT2D eigenvalue weighted by atomic mass is 16.5. The number of hydrogen-bond donors (Lipinski definition) is 2. The molecule has 0 aromatic heterocycles. The van der Waals surface area contributed by atoms with Crippen molar-refractivity contribution in [1.29, 1.82) is 0 Å². The molecule has 1 heterocycles. The molecule has 23 heavy (non-hydrogen) atoms. The molecule has 1 aromatic rings. The molecule has 1 aliphatic rings. The Morgan fingerprint density at radius 2 is 1.87 bits per heavy atom. The molecule has 1 saturated heterocycles. The van der Waals surface area contributed by atoms with E-state index < -0.39 is 5.97 Å². The van der Waals surface area contributed by atoms with Crippen molar-refractivity contribution >= 4 is 17.6 Å². The smallest absolute Gasteiger partial charge is 0.340 e. The summed E-state index contributed by atoms with van der Waals surface area (Å²) in [6.45, 7) is 1.56. The minimum Gasteiger partial charge on any atom is -0.493 e. The van der Waals surface area contributed by atoms with Gasteiger partial charge < -0.3 is 24.8 Å². The summed E-state index contributed by atoms with van der Waals surface area (Å²) in [5.41, 5.74) is 0.576. The first kappa shape index (κ1) is 17.1. The topological polar surface area (TPSA) is 85.9 Å². The molecular formula is C16H22N2O5. The van der Waals surface area contributed by atoms with Crippen LogP contribution in [0.5, 0.6) is 11.5 Å². The number of nitrogens with one attached hydrogen (secondary N) is 2. The van der Waals surface area contributed by atoms with Gasteiger partial charge in [0, 0.05) is 18.7 Å². The Labute approximate surface area is 135 Å². The average molecular weight is 322 g/mol. The molecule has 7 heteroatoms. The fourth-order valence-electron chi connectivity index (χ4n) is 2.57. The summed E-state index contributed by atoms with van der Waals surface area (Å²) in [4.78, 5) is 24.4. The minimum atomic E-state index is -0.553. The Kier molecular flexibility index (Phi) is 5.81. The normalized spacial score (nSPS) is 17.3. The SMILES string of the molecule is COC(=O)c1cc(OC)c(OC)cc1NC(=O)C1CCCNC1. The second kappa shape index (κ2) is 7.82. The largest absolute Gasteiger partial charge is 0.493 e. The molecule has 1 amide bonds. The number of piperidine rings is 1. The zero-order valence-electron chi connectivity index (χ0n) is 13.6. The molecule has 1 unspecified atom stereocenters. The van der Waals surface area contributed by atoms with Gasteiger partial charge in [0.05, 0.1) is 38.5 Å². The lowest BCUT2D eigenvalue weighted by Gasteiger charge is -2.22. The number of anilines is 1. The Morgan fingerprint density at radius 3 is 2.43 bits per heavy atom. The lowest BCUT2D eigenvalue weighted by molar-refractivity contribution is -0.120.